The summed E-state index contributed by atoms with van der Waals surface area (Å²) in [5.74, 6) is -0.888. The molecule has 0 fully saturated rings. The summed E-state index contributed by atoms with van der Waals surface area (Å²) in [4.78, 5) is 41.7. The van der Waals surface area contributed by atoms with Crippen LogP contribution in [0.5, 0.6) is 5.75 Å². The first-order valence-corrected chi connectivity index (χ1v) is 18.0. The van der Waals surface area contributed by atoms with Crippen LogP contribution in [0.25, 0.3) is 11.0 Å². The van der Waals surface area contributed by atoms with Gasteiger partial charge in [0.1, 0.15) is 16.9 Å². The number of benzene rings is 3. The predicted molar refractivity (Wildman–Crippen MR) is 196 cm³/mol. The third kappa shape index (κ3) is 7.66. The second-order valence-corrected chi connectivity index (χ2v) is 15.0. The molecular formula is C43H48O8. The van der Waals surface area contributed by atoms with E-state index >= 15 is 0 Å². The zero-order valence-corrected chi connectivity index (χ0v) is 30.4. The Hall–Kier alpha value is -4.69. The van der Waals surface area contributed by atoms with Gasteiger partial charge in [0.25, 0.3) is 0 Å². The van der Waals surface area contributed by atoms with Gasteiger partial charge in [0.2, 0.25) is 0 Å². The van der Waals surface area contributed by atoms with Gasteiger partial charge in [-0.1, -0.05) is 74.0 Å². The van der Waals surface area contributed by atoms with Gasteiger partial charge in [-0.25, -0.2) is 9.59 Å². The Bertz CT molecular complexity index is 2000. The topological polar surface area (TPSA) is 112 Å². The first-order valence-electron chi connectivity index (χ1n) is 18.0. The lowest BCUT2D eigenvalue weighted by atomic mass is 9.85. The number of hydrogen-bond donors (Lipinski definition) is 1. The third-order valence-corrected chi connectivity index (χ3v) is 10.3. The van der Waals surface area contributed by atoms with Crippen molar-refractivity contribution in [3.05, 3.63) is 122 Å². The lowest BCUT2D eigenvalue weighted by molar-refractivity contribution is -0.188. The van der Waals surface area contributed by atoms with Crippen LogP contribution in [-0.2, 0) is 44.9 Å². The van der Waals surface area contributed by atoms with E-state index in [1.54, 1.807) is 26.0 Å². The molecule has 2 bridgehead atoms. The summed E-state index contributed by atoms with van der Waals surface area (Å²) in [7, 11) is 0. The van der Waals surface area contributed by atoms with Crippen molar-refractivity contribution in [3.63, 3.8) is 0 Å². The number of carbonyl (C=O) groups excluding carboxylic acids is 2. The van der Waals surface area contributed by atoms with Gasteiger partial charge in [-0.2, -0.15) is 0 Å². The quantitative estimate of drug-likeness (QED) is 0.127. The lowest BCUT2D eigenvalue weighted by Crippen LogP contribution is -2.52. The van der Waals surface area contributed by atoms with Crippen LogP contribution in [0.15, 0.2) is 87.1 Å². The Morgan fingerprint density at radius 2 is 1.59 bits per heavy atom. The van der Waals surface area contributed by atoms with E-state index in [0.717, 1.165) is 29.5 Å². The number of fused-ring (bicyclic) bond motifs is 13. The molecule has 1 N–H and O–H groups in total. The molecule has 0 unspecified atom stereocenters. The molecule has 51 heavy (non-hydrogen) atoms. The highest BCUT2D eigenvalue weighted by Crippen LogP contribution is 2.48. The van der Waals surface area contributed by atoms with Crippen molar-refractivity contribution in [3.8, 4) is 5.75 Å². The number of hydrogen-bond acceptors (Lipinski definition) is 8. The second kappa shape index (κ2) is 14.9. The molecule has 1 aromatic heterocycles. The number of aliphatic hydroxyl groups excluding tert-OH is 1. The average Bonchev–Trinajstić information content (AvgIpc) is 3.08. The van der Waals surface area contributed by atoms with Gasteiger partial charge >= 0.3 is 17.6 Å². The number of aliphatic hydroxyl groups is 1. The Morgan fingerprint density at radius 3 is 2.25 bits per heavy atom. The maximum Gasteiger partial charge on any atom is 0.340 e. The highest BCUT2D eigenvalue weighted by Gasteiger charge is 2.50. The van der Waals surface area contributed by atoms with Crippen LogP contribution in [0.4, 0.5) is 0 Å². The van der Waals surface area contributed by atoms with Crippen molar-refractivity contribution in [2.45, 2.75) is 110 Å². The van der Waals surface area contributed by atoms with Crippen LogP contribution in [0.1, 0.15) is 106 Å². The molecule has 3 aliphatic rings. The zero-order chi connectivity index (χ0) is 36.4. The van der Waals surface area contributed by atoms with Crippen molar-refractivity contribution in [1.29, 1.82) is 0 Å². The van der Waals surface area contributed by atoms with Crippen LogP contribution in [0.2, 0.25) is 0 Å². The SMILES string of the molecule is CC(C)=C1CCc2ccc(cc2)C[C@@H](CCc2ccccc2)CC(=O)O[C@@H]2c3c(ccc4c(CO)c(C(C)C)c(=O)oc34)OC(C)(C)[C@H]2OC1=O. The highest BCUT2D eigenvalue weighted by atomic mass is 16.6. The predicted octanol–water partition coefficient (Wildman–Crippen LogP) is 8.24. The van der Waals surface area contributed by atoms with E-state index in [4.69, 9.17) is 18.6 Å². The summed E-state index contributed by atoms with van der Waals surface area (Å²) in [6, 6.07) is 22.1. The number of aryl methyl sites for hydroxylation is 2. The molecular weight excluding hydrogens is 644 g/mol. The molecule has 4 heterocycles. The van der Waals surface area contributed by atoms with E-state index < -0.39 is 42.0 Å². The maximum atomic E-state index is 14.2. The molecule has 3 aliphatic heterocycles. The van der Waals surface area contributed by atoms with Crippen molar-refractivity contribution < 1.29 is 33.3 Å². The molecule has 7 rings (SSSR count). The van der Waals surface area contributed by atoms with Crippen LogP contribution in [-0.4, -0.2) is 28.8 Å². The van der Waals surface area contributed by atoms with E-state index in [1.165, 1.54) is 5.56 Å². The highest BCUT2D eigenvalue weighted by molar-refractivity contribution is 5.90. The van der Waals surface area contributed by atoms with Crippen molar-refractivity contribution in [2.75, 3.05) is 0 Å². The standard InChI is InChI=1S/C43H48O8/c1-25(2)31-19-18-28-12-15-29(16-13-28)22-30(17-14-27-10-8-7-9-11-27)23-35(45)48-39-37-34(51-43(5,6)40(39)50-41(31)46)21-20-32-33(24-44)36(26(3)4)42(47)49-38(32)37/h7-13,15-16,20-21,26,30,39-40,44H,14,17-19,22-24H2,1-6H3/t30-,39-,40+/m1/s1. The first kappa shape index (κ1) is 36.1. The van der Waals surface area contributed by atoms with Crippen LogP contribution < -0.4 is 10.4 Å². The fourth-order valence-electron chi connectivity index (χ4n) is 7.54. The molecule has 0 amide bonds. The normalized spacial score (nSPS) is 20.7. The van der Waals surface area contributed by atoms with Gasteiger partial charge < -0.3 is 23.7 Å². The molecule has 4 aromatic rings. The van der Waals surface area contributed by atoms with Gasteiger partial charge in [-0.15, -0.1) is 0 Å². The maximum absolute atomic E-state index is 14.2. The molecule has 268 valence electrons. The number of rotatable bonds is 5. The molecule has 0 spiro atoms. The van der Waals surface area contributed by atoms with Gasteiger partial charge in [0.05, 0.1) is 12.2 Å². The second-order valence-electron chi connectivity index (χ2n) is 15.0. The molecule has 0 aliphatic carbocycles. The molecule has 3 atom stereocenters. The summed E-state index contributed by atoms with van der Waals surface area (Å²) in [6.45, 7) is 10.7. The Kier molecular flexibility index (Phi) is 10.5. The van der Waals surface area contributed by atoms with Crippen LogP contribution >= 0.6 is 0 Å². The Morgan fingerprint density at radius 1 is 0.882 bits per heavy atom. The fourth-order valence-corrected chi connectivity index (χ4v) is 7.54. The first-order chi connectivity index (χ1) is 24.4. The summed E-state index contributed by atoms with van der Waals surface area (Å²) < 4.78 is 25.3. The molecule has 8 heteroatoms. The van der Waals surface area contributed by atoms with Gasteiger partial charge in [-0.3, -0.25) is 4.79 Å². The Labute approximate surface area is 299 Å². The van der Waals surface area contributed by atoms with Gasteiger partial charge in [0, 0.05) is 22.9 Å². The smallest absolute Gasteiger partial charge is 0.340 e. The number of ether oxygens (including phenoxy) is 3. The van der Waals surface area contributed by atoms with E-state index in [2.05, 4.69) is 36.4 Å². The van der Waals surface area contributed by atoms with E-state index in [-0.39, 0.29) is 23.8 Å². The van der Waals surface area contributed by atoms with Crippen molar-refractivity contribution in [2.24, 2.45) is 5.92 Å². The Balaban J connectivity index is 1.48. The third-order valence-electron chi connectivity index (χ3n) is 10.3. The average molecular weight is 693 g/mol. The van der Waals surface area contributed by atoms with Gasteiger partial charge in [0.15, 0.2) is 12.2 Å². The summed E-state index contributed by atoms with van der Waals surface area (Å²) in [5.41, 5.74) is 4.31. The van der Waals surface area contributed by atoms with E-state index in [9.17, 15) is 19.5 Å². The van der Waals surface area contributed by atoms with E-state index in [1.807, 2.05) is 45.9 Å². The fraction of sp³-hybridized carbons (Fsp3) is 0.419. The largest absolute Gasteiger partial charge is 0.483 e. The number of esters is 2. The van der Waals surface area contributed by atoms with Crippen molar-refractivity contribution in [1.82, 2.24) is 0 Å². The van der Waals surface area contributed by atoms with Crippen LogP contribution in [0.3, 0.4) is 0 Å². The molecule has 0 saturated carbocycles. The number of allylic oxidation sites excluding steroid dienone is 1. The monoisotopic (exact) mass is 692 g/mol. The molecule has 0 radical (unpaired) electrons. The molecule has 0 saturated heterocycles. The lowest BCUT2D eigenvalue weighted by Gasteiger charge is -2.43. The molecule has 8 nitrogen and oxygen atoms in total. The summed E-state index contributed by atoms with van der Waals surface area (Å²) in [6.07, 6.45) is 1.22. The van der Waals surface area contributed by atoms with Gasteiger partial charge in [-0.05, 0) is 106 Å². The minimum Gasteiger partial charge on any atom is -0.483 e. The van der Waals surface area contributed by atoms with E-state index in [0.29, 0.717) is 52.7 Å². The van der Waals surface area contributed by atoms with Crippen LogP contribution in [0, 0.1) is 5.92 Å². The summed E-state index contributed by atoms with van der Waals surface area (Å²) >= 11 is 0. The molecule has 3 aromatic carbocycles. The minimum atomic E-state index is -1.16. The van der Waals surface area contributed by atoms with Crippen molar-refractivity contribution >= 4 is 22.9 Å². The minimum absolute atomic E-state index is 0.0397. The zero-order valence-electron chi connectivity index (χ0n) is 30.4. The number of carbonyl (C=O) groups is 2. The summed E-state index contributed by atoms with van der Waals surface area (Å²) in [5, 5.41) is 11.0.